The Hall–Kier alpha value is -1.40. The minimum Gasteiger partial charge on any atom is -0.352 e. The molecular weight excluding hydrogens is 300 g/mol. The maximum atomic E-state index is 12.5. The topological polar surface area (TPSA) is 66.5 Å². The number of nitrogens with zero attached hydrogens (tertiary/aromatic N) is 1. The summed E-state index contributed by atoms with van der Waals surface area (Å²) in [6.45, 7) is 9.16. The lowest BCUT2D eigenvalue weighted by atomic mass is 10.1. The maximum Gasteiger partial charge on any atom is 0.251 e. The van der Waals surface area contributed by atoms with Crippen molar-refractivity contribution in [3.05, 3.63) is 29.8 Å². The largest absolute Gasteiger partial charge is 0.352 e. The second-order valence-electron chi connectivity index (χ2n) is 5.56. The lowest BCUT2D eigenvalue weighted by Crippen LogP contribution is -2.31. The highest BCUT2D eigenvalue weighted by Crippen LogP contribution is 2.17. The summed E-state index contributed by atoms with van der Waals surface area (Å²) in [5, 5.41) is 2.82. The van der Waals surface area contributed by atoms with E-state index in [1.165, 1.54) is 16.4 Å². The van der Waals surface area contributed by atoms with Crippen molar-refractivity contribution in [3.8, 4) is 0 Å². The van der Waals surface area contributed by atoms with Crippen molar-refractivity contribution in [2.45, 2.75) is 39.0 Å². The van der Waals surface area contributed by atoms with Crippen LogP contribution in [-0.2, 0) is 10.0 Å². The summed E-state index contributed by atoms with van der Waals surface area (Å²) in [6.07, 6.45) is 0.892. The van der Waals surface area contributed by atoms with Crippen LogP contribution < -0.4 is 5.32 Å². The molecular formula is C16H26N2O3S. The molecule has 5 nitrogen and oxygen atoms in total. The molecule has 0 aliphatic heterocycles. The molecule has 124 valence electrons. The summed E-state index contributed by atoms with van der Waals surface area (Å²) in [6, 6.07) is 6.20. The molecule has 1 aromatic rings. The molecule has 0 radical (unpaired) electrons. The van der Waals surface area contributed by atoms with E-state index in [0.717, 1.165) is 6.42 Å². The molecule has 0 aromatic heterocycles. The van der Waals surface area contributed by atoms with Gasteiger partial charge in [0.05, 0.1) is 4.90 Å². The Morgan fingerprint density at radius 3 is 2.41 bits per heavy atom. The van der Waals surface area contributed by atoms with Crippen molar-refractivity contribution in [2.24, 2.45) is 5.92 Å². The number of hydrogen-bond donors (Lipinski definition) is 1. The molecule has 0 heterocycles. The van der Waals surface area contributed by atoms with E-state index in [1.54, 1.807) is 26.0 Å². The highest BCUT2D eigenvalue weighted by molar-refractivity contribution is 7.89. The van der Waals surface area contributed by atoms with Gasteiger partial charge >= 0.3 is 0 Å². The average molecular weight is 326 g/mol. The van der Waals surface area contributed by atoms with Gasteiger partial charge in [0.2, 0.25) is 10.0 Å². The molecule has 0 fully saturated rings. The molecule has 22 heavy (non-hydrogen) atoms. The highest BCUT2D eigenvalue weighted by Gasteiger charge is 2.22. The summed E-state index contributed by atoms with van der Waals surface area (Å²) in [7, 11) is -3.54. The van der Waals surface area contributed by atoms with E-state index >= 15 is 0 Å². The zero-order chi connectivity index (χ0) is 16.8. The Morgan fingerprint density at radius 2 is 1.86 bits per heavy atom. The van der Waals surface area contributed by atoms with E-state index in [9.17, 15) is 13.2 Å². The first-order valence-electron chi connectivity index (χ1n) is 7.71. The van der Waals surface area contributed by atoms with Gasteiger partial charge in [-0.25, -0.2) is 8.42 Å². The first-order chi connectivity index (χ1) is 10.3. The number of nitrogens with one attached hydrogen (secondary N) is 1. The van der Waals surface area contributed by atoms with Gasteiger partial charge in [-0.1, -0.05) is 33.8 Å². The van der Waals surface area contributed by atoms with Gasteiger partial charge in [0, 0.05) is 25.2 Å². The van der Waals surface area contributed by atoms with Crippen molar-refractivity contribution in [1.29, 1.82) is 0 Å². The van der Waals surface area contributed by atoms with Crippen LogP contribution in [0.3, 0.4) is 0 Å². The lowest BCUT2D eigenvalue weighted by molar-refractivity contribution is 0.0952. The van der Waals surface area contributed by atoms with E-state index in [1.807, 2.05) is 0 Å². The summed E-state index contributed by atoms with van der Waals surface area (Å²) in [5.41, 5.74) is 0.372. The number of benzene rings is 1. The second kappa shape index (κ2) is 8.29. The number of rotatable bonds is 8. The lowest BCUT2D eigenvalue weighted by Gasteiger charge is -2.18. The first-order valence-corrected chi connectivity index (χ1v) is 9.15. The smallest absolute Gasteiger partial charge is 0.251 e. The quantitative estimate of drug-likeness (QED) is 0.798. The summed E-state index contributed by atoms with van der Waals surface area (Å²) in [5.74, 6) is 0.270. The molecule has 0 saturated heterocycles. The van der Waals surface area contributed by atoms with Gasteiger partial charge in [0.25, 0.3) is 5.91 Å². The third-order valence-corrected chi connectivity index (χ3v) is 5.49. The maximum absolute atomic E-state index is 12.5. The Morgan fingerprint density at radius 1 is 1.23 bits per heavy atom. The molecule has 0 atom stereocenters. The number of carbonyl (C=O) groups excluding carboxylic acids is 1. The summed E-state index contributed by atoms with van der Waals surface area (Å²) in [4.78, 5) is 12.3. The average Bonchev–Trinajstić information content (AvgIpc) is 2.48. The van der Waals surface area contributed by atoms with Crippen molar-refractivity contribution >= 4 is 15.9 Å². The minimum atomic E-state index is -3.54. The van der Waals surface area contributed by atoms with Gasteiger partial charge in [-0.05, 0) is 30.5 Å². The van der Waals surface area contributed by atoms with Crippen LogP contribution in [0.25, 0.3) is 0 Å². The molecule has 0 bridgehead atoms. The van der Waals surface area contributed by atoms with Crippen molar-refractivity contribution < 1.29 is 13.2 Å². The molecule has 1 amide bonds. The SMILES string of the molecule is CCN(CC)S(=O)(=O)c1cccc(C(=O)NCCC(C)C)c1. The fourth-order valence-electron chi connectivity index (χ4n) is 2.09. The van der Waals surface area contributed by atoms with Crippen LogP contribution in [0.15, 0.2) is 29.2 Å². The predicted octanol–water partition coefficient (Wildman–Crippen LogP) is 2.49. The van der Waals surface area contributed by atoms with E-state index in [0.29, 0.717) is 31.1 Å². The molecule has 0 saturated carbocycles. The summed E-state index contributed by atoms with van der Waals surface area (Å²) < 4.78 is 26.3. The summed E-state index contributed by atoms with van der Waals surface area (Å²) >= 11 is 0. The third kappa shape index (κ3) is 4.81. The number of hydrogen-bond acceptors (Lipinski definition) is 3. The Labute approximate surface area is 133 Å². The predicted molar refractivity (Wildman–Crippen MR) is 88.3 cm³/mol. The minimum absolute atomic E-state index is 0.160. The van der Waals surface area contributed by atoms with Crippen molar-refractivity contribution in [3.63, 3.8) is 0 Å². The number of sulfonamides is 1. The van der Waals surface area contributed by atoms with Gasteiger partial charge in [-0.3, -0.25) is 4.79 Å². The molecule has 0 unspecified atom stereocenters. The van der Waals surface area contributed by atoms with Crippen LogP contribution in [0, 0.1) is 5.92 Å². The molecule has 1 rings (SSSR count). The fourth-order valence-corrected chi connectivity index (χ4v) is 3.59. The third-order valence-electron chi connectivity index (χ3n) is 3.45. The molecule has 6 heteroatoms. The number of carbonyl (C=O) groups is 1. The monoisotopic (exact) mass is 326 g/mol. The van der Waals surface area contributed by atoms with E-state index in [-0.39, 0.29) is 10.8 Å². The van der Waals surface area contributed by atoms with E-state index in [4.69, 9.17) is 0 Å². The Kier molecular flexibility index (Phi) is 7.03. The van der Waals surface area contributed by atoms with Crippen LogP contribution in [0.5, 0.6) is 0 Å². The molecule has 0 spiro atoms. The van der Waals surface area contributed by atoms with Gasteiger partial charge in [0.1, 0.15) is 0 Å². The van der Waals surface area contributed by atoms with E-state index < -0.39 is 10.0 Å². The van der Waals surface area contributed by atoms with Crippen LogP contribution in [0.4, 0.5) is 0 Å². The van der Waals surface area contributed by atoms with E-state index in [2.05, 4.69) is 19.2 Å². The fraction of sp³-hybridized carbons (Fsp3) is 0.562. The van der Waals surface area contributed by atoms with Crippen LogP contribution in [-0.4, -0.2) is 38.3 Å². The molecule has 0 aliphatic carbocycles. The zero-order valence-corrected chi connectivity index (χ0v) is 14.6. The highest BCUT2D eigenvalue weighted by atomic mass is 32.2. The Balaban J connectivity index is 2.92. The van der Waals surface area contributed by atoms with Crippen LogP contribution >= 0.6 is 0 Å². The van der Waals surface area contributed by atoms with Crippen molar-refractivity contribution in [2.75, 3.05) is 19.6 Å². The molecule has 1 N–H and O–H groups in total. The first kappa shape index (κ1) is 18.6. The Bertz CT molecular complexity index is 593. The standard InChI is InChI=1S/C16H26N2O3S/c1-5-18(6-2)22(20,21)15-9-7-8-14(12-15)16(19)17-11-10-13(3)4/h7-9,12-13H,5-6,10-11H2,1-4H3,(H,17,19). The zero-order valence-electron chi connectivity index (χ0n) is 13.8. The van der Waals surface area contributed by atoms with Crippen LogP contribution in [0.2, 0.25) is 0 Å². The van der Waals surface area contributed by atoms with Gasteiger partial charge in [-0.15, -0.1) is 0 Å². The number of amides is 1. The molecule has 1 aromatic carbocycles. The van der Waals surface area contributed by atoms with Gasteiger partial charge < -0.3 is 5.32 Å². The molecule has 0 aliphatic rings. The second-order valence-corrected chi connectivity index (χ2v) is 7.49. The van der Waals surface area contributed by atoms with Gasteiger partial charge in [-0.2, -0.15) is 4.31 Å². The van der Waals surface area contributed by atoms with Gasteiger partial charge in [0.15, 0.2) is 0 Å². The van der Waals surface area contributed by atoms with Crippen molar-refractivity contribution in [1.82, 2.24) is 9.62 Å². The van der Waals surface area contributed by atoms with Crippen LogP contribution in [0.1, 0.15) is 44.5 Å². The normalized spacial score (nSPS) is 11.9.